The van der Waals surface area contributed by atoms with Gasteiger partial charge in [0.2, 0.25) is 0 Å². The van der Waals surface area contributed by atoms with E-state index in [0.717, 1.165) is 5.69 Å². The quantitative estimate of drug-likeness (QED) is 0.882. The Morgan fingerprint density at radius 1 is 1.29 bits per heavy atom. The second-order valence-electron chi connectivity index (χ2n) is 6.76. The molecular formula is C16H23N3O4S. The largest absolute Gasteiger partial charge is 0.465 e. The number of morpholine rings is 1. The highest BCUT2D eigenvalue weighted by atomic mass is 32.1. The van der Waals surface area contributed by atoms with Gasteiger partial charge in [0, 0.05) is 25.0 Å². The number of amides is 2. The number of hydrogen-bond donors (Lipinski definition) is 1. The molecule has 1 aromatic heterocycles. The van der Waals surface area contributed by atoms with Crippen molar-refractivity contribution in [1.82, 2.24) is 14.8 Å². The van der Waals surface area contributed by atoms with Crippen LogP contribution in [-0.4, -0.2) is 70.3 Å². The maximum atomic E-state index is 12.7. The fourth-order valence-electron chi connectivity index (χ4n) is 3.21. The van der Waals surface area contributed by atoms with Gasteiger partial charge >= 0.3 is 6.09 Å². The number of thiazole rings is 1. The third-order valence-electron chi connectivity index (χ3n) is 4.78. The monoisotopic (exact) mass is 353 g/mol. The predicted molar refractivity (Wildman–Crippen MR) is 89.6 cm³/mol. The van der Waals surface area contributed by atoms with Gasteiger partial charge in [-0.05, 0) is 18.8 Å². The van der Waals surface area contributed by atoms with Crippen LogP contribution in [0.1, 0.15) is 48.1 Å². The standard InChI is InChI=1S/C16H23N3O4S/c1-11(2)12-9-24-13(17-12)14(20)19-7-8-23-16(10-19)3-5-18(6-4-16)15(21)22/h9,11H,3-8,10H2,1-2H3,(H,21,22). The highest BCUT2D eigenvalue weighted by Gasteiger charge is 2.42. The molecule has 0 saturated carbocycles. The molecule has 8 heteroatoms. The van der Waals surface area contributed by atoms with Crippen molar-refractivity contribution in [1.29, 1.82) is 0 Å². The molecule has 3 heterocycles. The summed E-state index contributed by atoms with van der Waals surface area (Å²) in [5.74, 6) is 0.259. The van der Waals surface area contributed by atoms with Crippen molar-refractivity contribution in [3.05, 3.63) is 16.1 Å². The molecule has 1 aromatic rings. The first-order valence-electron chi connectivity index (χ1n) is 8.27. The Labute approximate surface area is 145 Å². The molecule has 0 aromatic carbocycles. The van der Waals surface area contributed by atoms with Crippen LogP contribution in [0.4, 0.5) is 4.79 Å². The number of rotatable bonds is 2. The molecule has 7 nitrogen and oxygen atoms in total. The zero-order valence-corrected chi connectivity index (χ0v) is 14.8. The van der Waals surface area contributed by atoms with Gasteiger partial charge in [0.1, 0.15) is 0 Å². The number of ether oxygens (including phenoxy) is 1. The Balaban J connectivity index is 1.67. The summed E-state index contributed by atoms with van der Waals surface area (Å²) in [6, 6.07) is 0. The van der Waals surface area contributed by atoms with Gasteiger partial charge in [-0.2, -0.15) is 0 Å². The lowest BCUT2D eigenvalue weighted by Crippen LogP contribution is -2.58. The van der Waals surface area contributed by atoms with E-state index in [1.165, 1.54) is 16.2 Å². The van der Waals surface area contributed by atoms with Crippen molar-refractivity contribution in [3.8, 4) is 0 Å². The molecule has 0 aliphatic carbocycles. The van der Waals surface area contributed by atoms with Crippen LogP contribution in [0.15, 0.2) is 5.38 Å². The minimum absolute atomic E-state index is 0.0461. The molecule has 0 bridgehead atoms. The minimum atomic E-state index is -0.891. The molecule has 2 saturated heterocycles. The Morgan fingerprint density at radius 2 is 2.00 bits per heavy atom. The summed E-state index contributed by atoms with van der Waals surface area (Å²) in [5.41, 5.74) is 0.527. The maximum absolute atomic E-state index is 12.7. The van der Waals surface area contributed by atoms with Gasteiger partial charge in [-0.15, -0.1) is 11.3 Å². The van der Waals surface area contributed by atoms with E-state index in [-0.39, 0.29) is 5.91 Å². The van der Waals surface area contributed by atoms with E-state index in [2.05, 4.69) is 18.8 Å². The van der Waals surface area contributed by atoms with E-state index < -0.39 is 11.7 Å². The van der Waals surface area contributed by atoms with Crippen molar-refractivity contribution in [2.24, 2.45) is 0 Å². The van der Waals surface area contributed by atoms with Gasteiger partial charge in [0.05, 0.1) is 24.4 Å². The summed E-state index contributed by atoms with van der Waals surface area (Å²) >= 11 is 1.39. The number of likely N-dealkylation sites (tertiary alicyclic amines) is 1. The van der Waals surface area contributed by atoms with Crippen LogP contribution in [0.25, 0.3) is 0 Å². The molecule has 2 aliphatic rings. The first-order chi connectivity index (χ1) is 11.4. The van der Waals surface area contributed by atoms with Crippen molar-refractivity contribution in [2.45, 2.75) is 38.2 Å². The van der Waals surface area contributed by atoms with Crippen molar-refractivity contribution in [3.63, 3.8) is 0 Å². The highest BCUT2D eigenvalue weighted by molar-refractivity contribution is 7.11. The Kier molecular flexibility index (Phi) is 4.78. The van der Waals surface area contributed by atoms with Crippen LogP contribution in [0.2, 0.25) is 0 Å². The summed E-state index contributed by atoms with van der Waals surface area (Å²) in [6.45, 7) is 6.57. The lowest BCUT2D eigenvalue weighted by molar-refractivity contribution is -0.124. The van der Waals surface area contributed by atoms with Crippen LogP contribution >= 0.6 is 11.3 Å². The average molecular weight is 353 g/mol. The summed E-state index contributed by atoms with van der Waals surface area (Å²) in [6.07, 6.45) is 0.355. The van der Waals surface area contributed by atoms with Gasteiger partial charge < -0.3 is 19.6 Å². The molecule has 0 atom stereocenters. The smallest absolute Gasteiger partial charge is 0.407 e. The van der Waals surface area contributed by atoms with Crippen molar-refractivity contribution >= 4 is 23.3 Å². The second kappa shape index (κ2) is 6.68. The van der Waals surface area contributed by atoms with E-state index in [1.54, 1.807) is 0 Å². The number of nitrogens with zero attached hydrogens (tertiary/aromatic N) is 3. The van der Waals surface area contributed by atoms with E-state index >= 15 is 0 Å². The third-order valence-corrected chi connectivity index (χ3v) is 5.63. The first kappa shape index (κ1) is 17.2. The molecule has 132 valence electrons. The Hall–Kier alpha value is -1.67. The zero-order chi connectivity index (χ0) is 17.3. The summed E-state index contributed by atoms with van der Waals surface area (Å²) in [4.78, 5) is 31.5. The summed E-state index contributed by atoms with van der Waals surface area (Å²) in [7, 11) is 0. The number of hydrogen-bond acceptors (Lipinski definition) is 5. The van der Waals surface area contributed by atoms with E-state index in [0.29, 0.717) is 56.6 Å². The summed E-state index contributed by atoms with van der Waals surface area (Å²) in [5, 5.41) is 11.5. The van der Waals surface area contributed by atoms with Gasteiger partial charge in [-0.25, -0.2) is 9.78 Å². The predicted octanol–water partition coefficient (Wildman–Crippen LogP) is 2.25. The number of carboxylic acid groups (broad SMARTS) is 1. The molecule has 0 radical (unpaired) electrons. The highest BCUT2D eigenvalue weighted by Crippen LogP contribution is 2.31. The molecule has 24 heavy (non-hydrogen) atoms. The Morgan fingerprint density at radius 3 is 2.58 bits per heavy atom. The maximum Gasteiger partial charge on any atom is 0.407 e. The van der Waals surface area contributed by atoms with Crippen molar-refractivity contribution in [2.75, 3.05) is 32.8 Å². The van der Waals surface area contributed by atoms with Crippen LogP contribution < -0.4 is 0 Å². The van der Waals surface area contributed by atoms with Gasteiger partial charge in [0.25, 0.3) is 5.91 Å². The SMILES string of the molecule is CC(C)c1csc(C(=O)N2CCOC3(CCN(C(=O)O)CC3)C2)n1. The van der Waals surface area contributed by atoms with E-state index in [1.807, 2.05) is 10.3 Å². The van der Waals surface area contributed by atoms with E-state index in [9.17, 15) is 9.59 Å². The Bertz CT molecular complexity index is 623. The topological polar surface area (TPSA) is 83.0 Å². The number of aromatic nitrogens is 1. The summed E-state index contributed by atoms with van der Waals surface area (Å²) < 4.78 is 5.96. The number of piperidine rings is 1. The van der Waals surface area contributed by atoms with Gasteiger partial charge in [0.15, 0.2) is 5.01 Å². The third kappa shape index (κ3) is 3.39. The van der Waals surface area contributed by atoms with Crippen LogP contribution in [0, 0.1) is 0 Å². The van der Waals surface area contributed by atoms with Crippen LogP contribution in [0.5, 0.6) is 0 Å². The average Bonchev–Trinajstić information content (AvgIpc) is 3.05. The van der Waals surface area contributed by atoms with Gasteiger partial charge in [-0.1, -0.05) is 13.8 Å². The van der Waals surface area contributed by atoms with E-state index in [4.69, 9.17) is 9.84 Å². The number of carbonyl (C=O) groups excluding carboxylic acids is 1. The zero-order valence-electron chi connectivity index (χ0n) is 14.0. The second-order valence-corrected chi connectivity index (χ2v) is 7.62. The van der Waals surface area contributed by atoms with Crippen LogP contribution in [-0.2, 0) is 4.74 Å². The normalized spacial score (nSPS) is 20.6. The fourth-order valence-corrected chi connectivity index (χ4v) is 4.16. The molecular weight excluding hydrogens is 330 g/mol. The van der Waals surface area contributed by atoms with Crippen molar-refractivity contribution < 1.29 is 19.4 Å². The molecule has 0 unspecified atom stereocenters. The molecule has 2 aliphatic heterocycles. The molecule has 2 fully saturated rings. The molecule has 1 spiro atoms. The number of carbonyl (C=O) groups is 2. The minimum Gasteiger partial charge on any atom is -0.465 e. The molecule has 2 amide bonds. The van der Waals surface area contributed by atoms with Gasteiger partial charge in [-0.3, -0.25) is 4.79 Å². The fraction of sp³-hybridized carbons (Fsp3) is 0.688. The molecule has 1 N–H and O–H groups in total. The lowest BCUT2D eigenvalue weighted by atomic mass is 9.89. The van der Waals surface area contributed by atoms with Crippen LogP contribution in [0.3, 0.4) is 0 Å². The molecule has 3 rings (SSSR count). The lowest BCUT2D eigenvalue weighted by Gasteiger charge is -2.46. The first-order valence-corrected chi connectivity index (χ1v) is 9.15.